The smallest absolute Gasteiger partial charge is 0.415 e. The molecule has 3 rings (SSSR count). The summed E-state index contributed by atoms with van der Waals surface area (Å²) in [5.41, 5.74) is 0.839. The Morgan fingerprint density at radius 3 is 2.20 bits per heavy atom. The highest BCUT2D eigenvalue weighted by Gasteiger charge is 2.33. The molecule has 3 aromatic rings. The topological polar surface area (TPSA) is 113 Å². The first kappa shape index (κ1) is 31.4. The van der Waals surface area contributed by atoms with Crippen LogP contribution in [0, 0.1) is 11.6 Å². The number of esters is 1. The second-order valence-corrected chi connectivity index (χ2v) is 9.95. The van der Waals surface area contributed by atoms with Gasteiger partial charge in [0.1, 0.15) is 22.5 Å². The third kappa shape index (κ3) is 7.76. The summed E-state index contributed by atoms with van der Waals surface area (Å²) in [5, 5.41) is 5.36. The van der Waals surface area contributed by atoms with Gasteiger partial charge in [-0.1, -0.05) is 6.07 Å². The number of nitrogens with one attached hydrogen (secondary N) is 2. The van der Waals surface area contributed by atoms with Crippen molar-refractivity contribution in [2.45, 2.75) is 33.9 Å². The molecule has 0 aliphatic rings. The largest absolute Gasteiger partial charge is 0.462 e. The zero-order valence-electron chi connectivity index (χ0n) is 23.5. The standard InChI is InChI=1S/C28H33F2N5O5S/c1-6-31-27(37)33-22-13-12-17(14-32-22)24-19(15-34(4)5)23(26(36)39-7-2)25(41-24)35(28(38)40-8-3)16-18-20(29)10-9-11-21(18)30/h9-14H,6-8,15-16H2,1-5H3,(H2,31,32,33,37). The summed E-state index contributed by atoms with van der Waals surface area (Å²) in [6.07, 6.45) is 0.640. The van der Waals surface area contributed by atoms with Crippen molar-refractivity contribution in [3.63, 3.8) is 0 Å². The van der Waals surface area contributed by atoms with Crippen molar-refractivity contribution in [3.05, 3.63) is 64.9 Å². The molecule has 10 nitrogen and oxygen atoms in total. The van der Waals surface area contributed by atoms with Crippen molar-refractivity contribution in [1.82, 2.24) is 15.2 Å². The fourth-order valence-electron chi connectivity index (χ4n) is 3.94. The van der Waals surface area contributed by atoms with Crippen LogP contribution in [0.4, 0.5) is 29.2 Å². The van der Waals surface area contributed by atoms with E-state index < -0.39 is 36.3 Å². The number of thiophene rings is 1. The number of halogens is 2. The van der Waals surface area contributed by atoms with Crippen molar-refractivity contribution in [2.24, 2.45) is 0 Å². The van der Waals surface area contributed by atoms with Crippen LogP contribution in [0.2, 0.25) is 0 Å². The van der Waals surface area contributed by atoms with Gasteiger partial charge in [0.05, 0.1) is 25.3 Å². The van der Waals surface area contributed by atoms with Gasteiger partial charge in [-0.15, -0.1) is 11.3 Å². The number of anilines is 2. The molecule has 2 N–H and O–H groups in total. The highest BCUT2D eigenvalue weighted by molar-refractivity contribution is 7.20. The lowest BCUT2D eigenvalue weighted by atomic mass is 10.1. The second kappa shape index (κ2) is 14.5. The lowest BCUT2D eigenvalue weighted by Gasteiger charge is -2.22. The normalized spacial score (nSPS) is 10.8. The first-order valence-electron chi connectivity index (χ1n) is 13.0. The molecule has 0 spiro atoms. The third-order valence-corrected chi connectivity index (χ3v) is 6.96. The summed E-state index contributed by atoms with van der Waals surface area (Å²) < 4.78 is 40.0. The molecule has 0 unspecified atom stereocenters. The Balaban J connectivity index is 2.22. The number of carbonyl (C=O) groups is 3. The molecule has 0 fully saturated rings. The molecule has 0 saturated carbocycles. The van der Waals surface area contributed by atoms with Gasteiger partial charge in [-0.3, -0.25) is 10.2 Å². The number of pyridine rings is 1. The minimum absolute atomic E-state index is 0.00337. The van der Waals surface area contributed by atoms with E-state index >= 15 is 0 Å². The molecule has 2 aromatic heterocycles. The molecule has 0 saturated heterocycles. The highest BCUT2D eigenvalue weighted by atomic mass is 32.1. The van der Waals surface area contributed by atoms with Crippen LogP contribution < -0.4 is 15.5 Å². The summed E-state index contributed by atoms with van der Waals surface area (Å²) >= 11 is 1.07. The fraction of sp³-hybridized carbons (Fsp3) is 0.357. The molecule has 3 amide bonds. The van der Waals surface area contributed by atoms with Crippen molar-refractivity contribution in [2.75, 3.05) is 44.1 Å². The summed E-state index contributed by atoms with van der Waals surface area (Å²) in [4.78, 5) is 46.3. The van der Waals surface area contributed by atoms with Crippen LogP contribution in [0.5, 0.6) is 0 Å². The maximum atomic E-state index is 14.7. The average molecular weight is 590 g/mol. The Morgan fingerprint density at radius 2 is 1.63 bits per heavy atom. The second-order valence-electron chi connectivity index (χ2n) is 8.95. The van der Waals surface area contributed by atoms with Gasteiger partial charge in [-0.05, 0) is 59.1 Å². The van der Waals surface area contributed by atoms with Gasteiger partial charge >= 0.3 is 18.1 Å². The fourth-order valence-corrected chi connectivity index (χ4v) is 5.22. The molecule has 1 aromatic carbocycles. The van der Waals surface area contributed by atoms with Crippen LogP contribution in [-0.4, -0.2) is 61.8 Å². The summed E-state index contributed by atoms with van der Waals surface area (Å²) in [6, 6.07) is 6.31. The molecule has 2 heterocycles. The van der Waals surface area contributed by atoms with E-state index in [2.05, 4.69) is 15.6 Å². The number of rotatable bonds is 11. The van der Waals surface area contributed by atoms with E-state index in [4.69, 9.17) is 9.47 Å². The first-order chi connectivity index (χ1) is 19.6. The Hall–Kier alpha value is -4.10. The van der Waals surface area contributed by atoms with E-state index in [1.807, 2.05) is 19.0 Å². The van der Waals surface area contributed by atoms with Gasteiger partial charge in [0, 0.05) is 40.9 Å². The maximum Gasteiger partial charge on any atom is 0.415 e. The number of aromatic nitrogens is 1. The molecule has 220 valence electrons. The number of amides is 3. The zero-order valence-corrected chi connectivity index (χ0v) is 24.4. The van der Waals surface area contributed by atoms with Crippen LogP contribution in [0.3, 0.4) is 0 Å². The molecule has 0 aliphatic heterocycles. The van der Waals surface area contributed by atoms with Crippen LogP contribution in [-0.2, 0) is 22.6 Å². The molecule has 13 heteroatoms. The number of carbonyl (C=O) groups excluding carboxylic acids is 3. The van der Waals surface area contributed by atoms with Crippen LogP contribution in [0.1, 0.15) is 42.3 Å². The first-order valence-corrected chi connectivity index (χ1v) is 13.8. The van der Waals surface area contributed by atoms with E-state index in [1.165, 1.54) is 12.3 Å². The molecule has 0 atom stereocenters. The SMILES string of the molecule is CCNC(=O)Nc1ccc(-c2sc(N(Cc3c(F)cccc3F)C(=O)OCC)c(C(=O)OCC)c2CN(C)C)cn1. The maximum absolute atomic E-state index is 14.7. The minimum Gasteiger partial charge on any atom is -0.462 e. The lowest BCUT2D eigenvalue weighted by molar-refractivity contribution is 0.0526. The monoisotopic (exact) mass is 589 g/mol. The third-order valence-electron chi connectivity index (χ3n) is 5.66. The molecular formula is C28H33F2N5O5S. The number of hydrogen-bond donors (Lipinski definition) is 2. The predicted molar refractivity (Wildman–Crippen MR) is 153 cm³/mol. The van der Waals surface area contributed by atoms with Crippen molar-refractivity contribution < 1.29 is 32.6 Å². The highest BCUT2D eigenvalue weighted by Crippen LogP contribution is 2.44. The quantitative estimate of drug-likeness (QED) is 0.279. The van der Waals surface area contributed by atoms with Crippen LogP contribution in [0.25, 0.3) is 10.4 Å². The number of benzene rings is 1. The van der Waals surface area contributed by atoms with Gasteiger partial charge in [-0.2, -0.15) is 0 Å². The van der Waals surface area contributed by atoms with Gasteiger partial charge in [0.25, 0.3) is 0 Å². The molecule has 41 heavy (non-hydrogen) atoms. The summed E-state index contributed by atoms with van der Waals surface area (Å²) in [7, 11) is 3.62. The summed E-state index contributed by atoms with van der Waals surface area (Å²) in [5.74, 6) is -2.09. The average Bonchev–Trinajstić information content (AvgIpc) is 3.27. The van der Waals surface area contributed by atoms with E-state index in [9.17, 15) is 23.2 Å². The van der Waals surface area contributed by atoms with Crippen molar-refractivity contribution in [3.8, 4) is 10.4 Å². The van der Waals surface area contributed by atoms with Crippen molar-refractivity contribution >= 4 is 40.2 Å². The van der Waals surface area contributed by atoms with E-state index in [-0.39, 0.29) is 35.9 Å². The van der Waals surface area contributed by atoms with Crippen LogP contribution >= 0.6 is 11.3 Å². The van der Waals surface area contributed by atoms with Crippen molar-refractivity contribution in [1.29, 1.82) is 0 Å². The Kier molecular flexibility index (Phi) is 11.1. The number of nitrogens with zero attached hydrogens (tertiary/aromatic N) is 3. The lowest BCUT2D eigenvalue weighted by Crippen LogP contribution is -2.32. The molecule has 0 bridgehead atoms. The Morgan fingerprint density at radius 1 is 0.951 bits per heavy atom. The minimum atomic E-state index is -0.885. The van der Waals surface area contributed by atoms with E-state index in [1.54, 1.807) is 32.9 Å². The Bertz CT molecular complexity index is 1360. The van der Waals surface area contributed by atoms with E-state index in [0.29, 0.717) is 28.4 Å². The van der Waals surface area contributed by atoms with Gasteiger partial charge < -0.3 is 19.7 Å². The molecular weight excluding hydrogens is 556 g/mol. The van der Waals surface area contributed by atoms with E-state index in [0.717, 1.165) is 28.4 Å². The molecule has 0 radical (unpaired) electrons. The number of hydrogen-bond acceptors (Lipinski definition) is 8. The summed E-state index contributed by atoms with van der Waals surface area (Å²) in [6.45, 7) is 5.29. The van der Waals surface area contributed by atoms with Gasteiger partial charge in [0.15, 0.2) is 0 Å². The van der Waals surface area contributed by atoms with Crippen LogP contribution in [0.15, 0.2) is 36.5 Å². The predicted octanol–water partition coefficient (Wildman–Crippen LogP) is 5.63. The number of urea groups is 1. The molecule has 0 aliphatic carbocycles. The van der Waals surface area contributed by atoms with Gasteiger partial charge in [-0.25, -0.2) is 28.1 Å². The van der Waals surface area contributed by atoms with Gasteiger partial charge in [0.2, 0.25) is 0 Å². The Labute approximate surface area is 241 Å². The zero-order chi connectivity index (χ0) is 30.1. The number of ether oxygens (including phenoxy) is 2.